The number of nitrogens with zero attached hydrogens (tertiary/aromatic N) is 1. The molecule has 0 aromatic heterocycles. The topological polar surface area (TPSA) is 58.4 Å². The van der Waals surface area contributed by atoms with Crippen LogP contribution in [0.4, 0.5) is 0 Å². The highest BCUT2D eigenvalue weighted by atomic mass is 16.2. The summed E-state index contributed by atoms with van der Waals surface area (Å²) in [4.78, 5) is 14.6. The second kappa shape index (κ2) is 9.80. The maximum absolute atomic E-state index is 12.0. The number of carbonyl (C=O) groups is 1. The maximum atomic E-state index is 12.0. The Hall–Kier alpha value is -1.39. The summed E-state index contributed by atoms with van der Waals surface area (Å²) in [5.41, 5.74) is 8.43. The molecule has 134 valence electrons. The van der Waals surface area contributed by atoms with Crippen LogP contribution in [0.1, 0.15) is 57.1 Å². The Morgan fingerprint density at radius 1 is 1.12 bits per heavy atom. The van der Waals surface area contributed by atoms with E-state index in [1.165, 1.54) is 44.3 Å². The molecule has 4 heteroatoms. The van der Waals surface area contributed by atoms with Crippen LogP contribution in [0.15, 0.2) is 24.3 Å². The first-order chi connectivity index (χ1) is 11.6. The standard InChI is InChI=1S/C20H33N3O/c1-3-16(2)19(21)20(24)22-14-17-8-10-18(11-9-17)15-23-12-6-4-5-7-13-23/h8-11,16,19H,3-7,12-15,21H2,1-2H3,(H,22,24). The Labute approximate surface area is 146 Å². The first-order valence-electron chi connectivity index (χ1n) is 9.43. The second-order valence-corrected chi connectivity index (χ2v) is 7.14. The lowest BCUT2D eigenvalue weighted by molar-refractivity contribution is -0.123. The minimum atomic E-state index is -0.419. The van der Waals surface area contributed by atoms with Crippen molar-refractivity contribution in [1.29, 1.82) is 0 Å². The van der Waals surface area contributed by atoms with Gasteiger partial charge in [-0.15, -0.1) is 0 Å². The van der Waals surface area contributed by atoms with E-state index in [9.17, 15) is 4.79 Å². The number of nitrogens with one attached hydrogen (secondary N) is 1. The van der Waals surface area contributed by atoms with Gasteiger partial charge in [0.25, 0.3) is 0 Å². The zero-order valence-corrected chi connectivity index (χ0v) is 15.3. The molecule has 1 saturated heterocycles. The van der Waals surface area contributed by atoms with Gasteiger partial charge in [0, 0.05) is 13.1 Å². The molecule has 1 heterocycles. The van der Waals surface area contributed by atoms with Gasteiger partial charge in [-0.25, -0.2) is 0 Å². The zero-order valence-electron chi connectivity index (χ0n) is 15.3. The average Bonchev–Trinajstić information content (AvgIpc) is 2.88. The molecule has 2 unspecified atom stereocenters. The van der Waals surface area contributed by atoms with Crippen LogP contribution in [-0.2, 0) is 17.9 Å². The predicted octanol–water partition coefficient (Wildman–Crippen LogP) is 3.05. The number of amides is 1. The van der Waals surface area contributed by atoms with Gasteiger partial charge in [0.1, 0.15) is 0 Å². The molecule has 1 amide bonds. The SMILES string of the molecule is CCC(C)C(N)C(=O)NCc1ccc(CN2CCCCCC2)cc1. The molecule has 1 aliphatic heterocycles. The van der Waals surface area contributed by atoms with E-state index in [1.54, 1.807) is 0 Å². The summed E-state index contributed by atoms with van der Waals surface area (Å²) in [6, 6.07) is 8.17. The van der Waals surface area contributed by atoms with Crippen LogP contribution in [0.2, 0.25) is 0 Å². The molecular weight excluding hydrogens is 298 g/mol. The lowest BCUT2D eigenvalue weighted by Crippen LogP contribution is -2.44. The van der Waals surface area contributed by atoms with Crippen LogP contribution in [-0.4, -0.2) is 29.9 Å². The van der Waals surface area contributed by atoms with Crippen molar-refractivity contribution in [3.05, 3.63) is 35.4 Å². The van der Waals surface area contributed by atoms with E-state index in [-0.39, 0.29) is 11.8 Å². The number of likely N-dealkylation sites (tertiary alicyclic amines) is 1. The monoisotopic (exact) mass is 331 g/mol. The zero-order chi connectivity index (χ0) is 17.4. The molecule has 1 aromatic rings. The van der Waals surface area contributed by atoms with Crippen molar-refractivity contribution < 1.29 is 4.79 Å². The molecule has 1 aromatic carbocycles. The Morgan fingerprint density at radius 2 is 1.71 bits per heavy atom. The molecule has 1 aliphatic rings. The van der Waals surface area contributed by atoms with Crippen LogP contribution >= 0.6 is 0 Å². The molecule has 0 bridgehead atoms. The largest absolute Gasteiger partial charge is 0.351 e. The van der Waals surface area contributed by atoms with Crippen LogP contribution < -0.4 is 11.1 Å². The van der Waals surface area contributed by atoms with Crippen molar-refractivity contribution in [3.63, 3.8) is 0 Å². The van der Waals surface area contributed by atoms with E-state index in [1.807, 2.05) is 6.92 Å². The first kappa shape index (κ1) is 18.9. The molecule has 1 fully saturated rings. The minimum absolute atomic E-state index is 0.0574. The molecule has 0 saturated carbocycles. The summed E-state index contributed by atoms with van der Waals surface area (Å²) >= 11 is 0. The molecule has 2 atom stereocenters. The summed E-state index contributed by atoms with van der Waals surface area (Å²) in [6.07, 6.45) is 6.29. The van der Waals surface area contributed by atoms with E-state index in [4.69, 9.17) is 5.73 Å². The Morgan fingerprint density at radius 3 is 2.29 bits per heavy atom. The fourth-order valence-electron chi connectivity index (χ4n) is 3.13. The number of nitrogens with two attached hydrogens (primary N) is 1. The number of hydrogen-bond donors (Lipinski definition) is 2. The van der Waals surface area contributed by atoms with Crippen molar-refractivity contribution in [2.24, 2.45) is 11.7 Å². The van der Waals surface area contributed by atoms with Gasteiger partial charge >= 0.3 is 0 Å². The Balaban J connectivity index is 1.80. The van der Waals surface area contributed by atoms with E-state index in [0.29, 0.717) is 6.54 Å². The molecule has 4 nitrogen and oxygen atoms in total. The maximum Gasteiger partial charge on any atom is 0.237 e. The van der Waals surface area contributed by atoms with Gasteiger partial charge < -0.3 is 11.1 Å². The quantitative estimate of drug-likeness (QED) is 0.807. The van der Waals surface area contributed by atoms with E-state index < -0.39 is 6.04 Å². The van der Waals surface area contributed by atoms with Crippen LogP contribution in [0.25, 0.3) is 0 Å². The highest BCUT2D eigenvalue weighted by Gasteiger charge is 2.18. The third kappa shape index (κ3) is 5.91. The van der Waals surface area contributed by atoms with Gasteiger partial charge in [-0.2, -0.15) is 0 Å². The van der Waals surface area contributed by atoms with Crippen LogP contribution in [0.3, 0.4) is 0 Å². The Bertz CT molecular complexity index is 492. The summed E-state index contributed by atoms with van der Waals surface area (Å²) in [5, 5.41) is 2.95. The Kier molecular flexibility index (Phi) is 7.73. The number of hydrogen-bond acceptors (Lipinski definition) is 3. The molecular formula is C20H33N3O. The van der Waals surface area contributed by atoms with Crippen molar-refractivity contribution >= 4 is 5.91 Å². The molecule has 0 aliphatic carbocycles. The number of rotatable bonds is 7. The third-order valence-electron chi connectivity index (χ3n) is 5.15. The van der Waals surface area contributed by atoms with Gasteiger partial charge in [-0.05, 0) is 43.0 Å². The summed E-state index contributed by atoms with van der Waals surface area (Å²) in [7, 11) is 0. The van der Waals surface area contributed by atoms with Gasteiger partial charge in [-0.1, -0.05) is 57.4 Å². The summed E-state index contributed by atoms with van der Waals surface area (Å²) < 4.78 is 0. The van der Waals surface area contributed by atoms with E-state index in [2.05, 4.69) is 41.4 Å². The minimum Gasteiger partial charge on any atom is -0.351 e. The van der Waals surface area contributed by atoms with E-state index in [0.717, 1.165) is 18.5 Å². The lowest BCUT2D eigenvalue weighted by Gasteiger charge is -2.20. The van der Waals surface area contributed by atoms with Crippen molar-refractivity contribution in [2.75, 3.05) is 13.1 Å². The van der Waals surface area contributed by atoms with Gasteiger partial charge in [0.05, 0.1) is 6.04 Å². The number of benzene rings is 1. The normalized spacial score (nSPS) is 18.6. The smallest absolute Gasteiger partial charge is 0.237 e. The van der Waals surface area contributed by atoms with Crippen LogP contribution in [0.5, 0.6) is 0 Å². The lowest BCUT2D eigenvalue weighted by atomic mass is 9.99. The van der Waals surface area contributed by atoms with Gasteiger partial charge in [0.2, 0.25) is 5.91 Å². The first-order valence-corrected chi connectivity index (χ1v) is 9.43. The number of carbonyl (C=O) groups excluding carboxylic acids is 1. The highest BCUT2D eigenvalue weighted by molar-refractivity contribution is 5.81. The van der Waals surface area contributed by atoms with Crippen LogP contribution in [0, 0.1) is 5.92 Å². The fraction of sp³-hybridized carbons (Fsp3) is 0.650. The van der Waals surface area contributed by atoms with Crippen molar-refractivity contribution in [1.82, 2.24) is 10.2 Å². The third-order valence-corrected chi connectivity index (χ3v) is 5.15. The molecule has 24 heavy (non-hydrogen) atoms. The molecule has 0 radical (unpaired) electrons. The van der Waals surface area contributed by atoms with Crippen molar-refractivity contribution in [3.8, 4) is 0 Å². The molecule has 3 N–H and O–H groups in total. The molecule has 2 rings (SSSR count). The highest BCUT2D eigenvalue weighted by Crippen LogP contribution is 2.14. The average molecular weight is 332 g/mol. The molecule has 0 spiro atoms. The summed E-state index contributed by atoms with van der Waals surface area (Å²) in [6.45, 7) is 8.08. The van der Waals surface area contributed by atoms with Gasteiger partial charge in [0.15, 0.2) is 0 Å². The summed E-state index contributed by atoms with van der Waals surface area (Å²) in [5.74, 6) is 0.152. The van der Waals surface area contributed by atoms with Gasteiger partial charge in [-0.3, -0.25) is 9.69 Å². The van der Waals surface area contributed by atoms with E-state index >= 15 is 0 Å². The fourth-order valence-corrected chi connectivity index (χ4v) is 3.13. The second-order valence-electron chi connectivity index (χ2n) is 7.14. The van der Waals surface area contributed by atoms with Crippen molar-refractivity contribution in [2.45, 2.75) is 65.1 Å². The predicted molar refractivity (Wildman–Crippen MR) is 99.5 cm³/mol.